The number of benzene rings is 1. The standard InChI is InChI=1S/C20H16F4N4O4S/c1-2-33(31,32)15-8-13(27-18(30)19(21)5-6-19)10-25-16(15)28-17(29)14-7-12(20(22,23)24)4-3-11(14)9-26-28/h3-4,7-10H,2,5-6H2,1H3,(H,27,30). The average molecular weight is 484 g/mol. The summed E-state index contributed by atoms with van der Waals surface area (Å²) >= 11 is 0. The summed E-state index contributed by atoms with van der Waals surface area (Å²) in [4.78, 5) is 28.4. The number of pyridine rings is 1. The molecule has 0 spiro atoms. The highest BCUT2D eigenvalue weighted by Gasteiger charge is 2.51. The molecule has 0 aliphatic heterocycles. The van der Waals surface area contributed by atoms with Crippen molar-refractivity contribution in [3.63, 3.8) is 0 Å². The molecule has 8 nitrogen and oxygen atoms in total. The molecule has 2 aromatic heterocycles. The number of alkyl halides is 4. The van der Waals surface area contributed by atoms with Crippen LogP contribution < -0.4 is 10.9 Å². The Kier molecular flexibility index (Phi) is 5.26. The largest absolute Gasteiger partial charge is 0.416 e. The molecule has 1 fully saturated rings. The van der Waals surface area contributed by atoms with Gasteiger partial charge < -0.3 is 5.32 Å². The quantitative estimate of drug-likeness (QED) is 0.558. The number of sulfone groups is 1. The number of halogens is 4. The molecule has 1 saturated carbocycles. The fourth-order valence-corrected chi connectivity index (χ4v) is 4.13. The molecule has 1 amide bonds. The Hall–Kier alpha value is -3.35. The third kappa shape index (κ3) is 4.19. The first-order valence-corrected chi connectivity index (χ1v) is 11.3. The van der Waals surface area contributed by atoms with Crippen LogP contribution in [0.2, 0.25) is 0 Å². The van der Waals surface area contributed by atoms with Crippen LogP contribution in [0.15, 0.2) is 46.3 Å². The number of amides is 1. The summed E-state index contributed by atoms with van der Waals surface area (Å²) in [6, 6.07) is 3.54. The Morgan fingerprint density at radius 2 is 1.91 bits per heavy atom. The van der Waals surface area contributed by atoms with E-state index in [1.165, 1.54) is 6.92 Å². The van der Waals surface area contributed by atoms with Crippen molar-refractivity contribution in [2.24, 2.45) is 0 Å². The Balaban J connectivity index is 1.88. The first kappa shape index (κ1) is 22.8. The Bertz CT molecular complexity index is 1450. The number of nitrogens with zero attached hydrogens (tertiary/aromatic N) is 3. The third-order valence-electron chi connectivity index (χ3n) is 5.22. The lowest BCUT2D eigenvalue weighted by molar-refractivity contribution is -0.137. The molecule has 33 heavy (non-hydrogen) atoms. The highest BCUT2D eigenvalue weighted by atomic mass is 32.2. The van der Waals surface area contributed by atoms with Gasteiger partial charge in [-0.3, -0.25) is 9.59 Å². The van der Waals surface area contributed by atoms with Crippen LogP contribution in [0.5, 0.6) is 0 Å². The van der Waals surface area contributed by atoms with E-state index in [1.54, 1.807) is 0 Å². The van der Waals surface area contributed by atoms with Gasteiger partial charge in [0.2, 0.25) is 0 Å². The molecule has 0 radical (unpaired) electrons. The zero-order chi connectivity index (χ0) is 24.2. The SMILES string of the molecule is CCS(=O)(=O)c1cc(NC(=O)C2(F)CC2)cnc1-n1ncc2ccc(C(F)(F)F)cc2c1=O. The van der Waals surface area contributed by atoms with E-state index in [-0.39, 0.29) is 29.3 Å². The highest BCUT2D eigenvalue weighted by Crippen LogP contribution is 2.40. The molecular weight excluding hydrogens is 468 g/mol. The van der Waals surface area contributed by atoms with Gasteiger partial charge in [0, 0.05) is 5.39 Å². The maximum Gasteiger partial charge on any atom is 0.416 e. The molecule has 1 aromatic carbocycles. The zero-order valence-corrected chi connectivity index (χ0v) is 17.8. The van der Waals surface area contributed by atoms with Gasteiger partial charge in [-0.15, -0.1) is 0 Å². The topological polar surface area (TPSA) is 111 Å². The lowest BCUT2D eigenvalue weighted by atomic mass is 10.1. The van der Waals surface area contributed by atoms with Crippen molar-refractivity contribution < 1.29 is 30.8 Å². The van der Waals surface area contributed by atoms with E-state index in [0.717, 1.165) is 30.6 Å². The molecular formula is C20H16F4N4O4S. The van der Waals surface area contributed by atoms with Gasteiger partial charge in [0.05, 0.1) is 34.8 Å². The van der Waals surface area contributed by atoms with Gasteiger partial charge in [0.1, 0.15) is 4.90 Å². The molecule has 174 valence electrons. The van der Waals surface area contributed by atoms with Gasteiger partial charge in [0.25, 0.3) is 11.5 Å². The van der Waals surface area contributed by atoms with Crippen LogP contribution in [0.4, 0.5) is 23.2 Å². The number of hydrogen-bond acceptors (Lipinski definition) is 6. The number of rotatable bonds is 5. The number of carbonyl (C=O) groups excluding carboxylic acids is 1. The van der Waals surface area contributed by atoms with Gasteiger partial charge in [-0.2, -0.15) is 23.0 Å². The number of hydrogen-bond donors (Lipinski definition) is 1. The summed E-state index contributed by atoms with van der Waals surface area (Å²) in [6.07, 6.45) is -2.49. The molecule has 1 aliphatic rings. The Morgan fingerprint density at radius 3 is 2.52 bits per heavy atom. The maximum atomic E-state index is 14.0. The zero-order valence-electron chi connectivity index (χ0n) is 17.0. The summed E-state index contributed by atoms with van der Waals surface area (Å²) in [5.41, 5.74) is -4.21. The molecule has 13 heteroatoms. The number of anilines is 1. The number of carbonyl (C=O) groups is 1. The fraction of sp³-hybridized carbons (Fsp3) is 0.300. The van der Waals surface area contributed by atoms with Crippen LogP contribution in [-0.2, 0) is 20.8 Å². The second kappa shape index (κ2) is 7.61. The van der Waals surface area contributed by atoms with Crippen LogP contribution in [-0.4, -0.2) is 40.5 Å². The van der Waals surface area contributed by atoms with Crippen LogP contribution in [0, 0.1) is 0 Å². The van der Waals surface area contributed by atoms with Crippen molar-refractivity contribution in [3.8, 4) is 5.82 Å². The van der Waals surface area contributed by atoms with Crippen molar-refractivity contribution >= 4 is 32.2 Å². The minimum atomic E-state index is -4.70. The Morgan fingerprint density at radius 1 is 1.21 bits per heavy atom. The molecule has 0 bridgehead atoms. The lowest BCUT2D eigenvalue weighted by Crippen LogP contribution is -2.27. The van der Waals surface area contributed by atoms with Crippen molar-refractivity contribution in [2.75, 3.05) is 11.1 Å². The van der Waals surface area contributed by atoms with Crippen molar-refractivity contribution in [3.05, 3.63) is 52.6 Å². The normalized spacial score (nSPS) is 15.4. The second-order valence-corrected chi connectivity index (χ2v) is 9.78. The molecule has 0 atom stereocenters. The van der Waals surface area contributed by atoms with Crippen molar-refractivity contribution in [1.82, 2.24) is 14.8 Å². The van der Waals surface area contributed by atoms with Gasteiger partial charge in [-0.05, 0) is 31.0 Å². The van der Waals surface area contributed by atoms with Gasteiger partial charge in [-0.1, -0.05) is 13.0 Å². The Labute approximate surface area is 184 Å². The van der Waals surface area contributed by atoms with Gasteiger partial charge in [0.15, 0.2) is 21.3 Å². The van der Waals surface area contributed by atoms with E-state index in [2.05, 4.69) is 15.4 Å². The maximum absolute atomic E-state index is 14.0. The smallest absolute Gasteiger partial charge is 0.322 e. The summed E-state index contributed by atoms with van der Waals surface area (Å²) in [5, 5.41) is 5.90. The summed E-state index contributed by atoms with van der Waals surface area (Å²) in [6.45, 7) is 1.33. The summed E-state index contributed by atoms with van der Waals surface area (Å²) < 4.78 is 79.2. The molecule has 2 heterocycles. The molecule has 0 unspecified atom stereocenters. The predicted octanol–water partition coefficient (Wildman–Crippen LogP) is 3.03. The molecule has 3 aromatic rings. The number of aromatic nitrogens is 3. The second-order valence-electron chi connectivity index (χ2n) is 7.53. The predicted molar refractivity (Wildman–Crippen MR) is 110 cm³/mol. The average Bonchev–Trinajstić information content (AvgIpc) is 3.52. The van der Waals surface area contributed by atoms with Crippen molar-refractivity contribution in [1.29, 1.82) is 0 Å². The van der Waals surface area contributed by atoms with E-state index in [4.69, 9.17) is 0 Å². The molecule has 0 saturated heterocycles. The van der Waals surface area contributed by atoms with Gasteiger partial charge >= 0.3 is 6.18 Å². The highest BCUT2D eigenvalue weighted by molar-refractivity contribution is 7.91. The number of nitrogens with one attached hydrogen (secondary N) is 1. The fourth-order valence-electron chi connectivity index (χ4n) is 3.10. The van der Waals surface area contributed by atoms with Crippen LogP contribution in [0.1, 0.15) is 25.3 Å². The lowest BCUT2D eigenvalue weighted by Gasteiger charge is -2.14. The minimum Gasteiger partial charge on any atom is -0.322 e. The first-order valence-electron chi connectivity index (χ1n) is 9.68. The van der Waals surface area contributed by atoms with E-state index in [0.29, 0.717) is 10.7 Å². The molecule has 4 rings (SSSR count). The van der Waals surface area contributed by atoms with E-state index < -0.39 is 55.2 Å². The minimum absolute atomic E-state index is 0.0424. The van der Waals surface area contributed by atoms with Crippen LogP contribution >= 0.6 is 0 Å². The van der Waals surface area contributed by atoms with Crippen molar-refractivity contribution in [2.45, 2.75) is 36.5 Å². The monoisotopic (exact) mass is 484 g/mol. The van der Waals surface area contributed by atoms with Gasteiger partial charge in [-0.25, -0.2) is 17.8 Å². The van der Waals surface area contributed by atoms with Crippen LogP contribution in [0.25, 0.3) is 16.6 Å². The van der Waals surface area contributed by atoms with E-state index in [9.17, 15) is 35.6 Å². The number of fused-ring (bicyclic) bond motifs is 1. The molecule has 1 N–H and O–H groups in total. The summed E-state index contributed by atoms with van der Waals surface area (Å²) in [7, 11) is -4.04. The first-order chi connectivity index (χ1) is 15.4. The van der Waals surface area contributed by atoms with E-state index >= 15 is 0 Å². The molecule has 1 aliphatic carbocycles. The van der Waals surface area contributed by atoms with E-state index in [1.807, 2.05) is 0 Å². The third-order valence-corrected chi connectivity index (χ3v) is 6.95. The van der Waals surface area contributed by atoms with Crippen LogP contribution in [0.3, 0.4) is 0 Å². The summed E-state index contributed by atoms with van der Waals surface area (Å²) in [5.74, 6) is -1.81.